The van der Waals surface area contributed by atoms with Crippen LogP contribution in [-0.2, 0) is 6.42 Å². The van der Waals surface area contributed by atoms with Gasteiger partial charge in [-0.1, -0.05) is 32.9 Å². The summed E-state index contributed by atoms with van der Waals surface area (Å²) in [7, 11) is 0. The smallest absolute Gasteiger partial charge is 0.269 e. The third-order valence-electron chi connectivity index (χ3n) is 3.40. The molecule has 0 aliphatic rings. The number of hydrogen-bond donors (Lipinski definition) is 1. The molecule has 0 aromatic heterocycles. The molecular weight excluding hydrogens is 240 g/mol. The highest BCUT2D eigenvalue weighted by atomic mass is 16.6. The fourth-order valence-electron chi connectivity index (χ4n) is 2.24. The van der Waals surface area contributed by atoms with Gasteiger partial charge in [-0.15, -0.1) is 0 Å². The summed E-state index contributed by atoms with van der Waals surface area (Å²) in [5.74, 6) is 0.636. The number of hydrogen-bond acceptors (Lipinski definition) is 3. The van der Waals surface area contributed by atoms with Crippen LogP contribution in [0.1, 0.15) is 39.2 Å². The first kappa shape index (κ1) is 15.6. The molecule has 0 spiro atoms. The molecule has 1 unspecified atom stereocenters. The molecule has 1 aromatic carbocycles. The zero-order valence-electron chi connectivity index (χ0n) is 12.1. The summed E-state index contributed by atoms with van der Waals surface area (Å²) in [4.78, 5) is 10.2. The lowest BCUT2D eigenvalue weighted by Gasteiger charge is -2.21. The van der Waals surface area contributed by atoms with Gasteiger partial charge in [-0.2, -0.15) is 0 Å². The van der Waals surface area contributed by atoms with Gasteiger partial charge in [0.1, 0.15) is 0 Å². The average molecular weight is 264 g/mol. The van der Waals surface area contributed by atoms with Crippen LogP contribution in [0.5, 0.6) is 0 Å². The molecule has 0 bridgehead atoms. The number of nitro groups is 1. The fraction of sp³-hybridized carbons (Fsp3) is 0.600. The average Bonchev–Trinajstić information content (AvgIpc) is 2.38. The molecule has 1 N–H and O–H groups in total. The van der Waals surface area contributed by atoms with Crippen LogP contribution in [0, 0.1) is 16.0 Å². The van der Waals surface area contributed by atoms with Gasteiger partial charge in [0.15, 0.2) is 0 Å². The van der Waals surface area contributed by atoms with Gasteiger partial charge < -0.3 is 5.32 Å². The molecule has 106 valence electrons. The molecule has 4 nitrogen and oxygen atoms in total. The highest BCUT2D eigenvalue weighted by molar-refractivity contribution is 5.32. The van der Waals surface area contributed by atoms with E-state index in [1.165, 1.54) is 5.56 Å². The molecule has 0 amide bonds. The number of rotatable bonds is 8. The molecule has 4 heteroatoms. The van der Waals surface area contributed by atoms with Crippen molar-refractivity contribution in [3.63, 3.8) is 0 Å². The zero-order valence-corrected chi connectivity index (χ0v) is 12.1. The van der Waals surface area contributed by atoms with Crippen LogP contribution in [0.4, 0.5) is 5.69 Å². The lowest BCUT2D eigenvalue weighted by Crippen LogP contribution is -2.33. The van der Waals surface area contributed by atoms with Crippen molar-refractivity contribution in [2.24, 2.45) is 5.92 Å². The number of aryl methyl sites for hydroxylation is 1. The number of nitrogens with zero attached hydrogens (tertiary/aromatic N) is 1. The Hall–Kier alpha value is -1.42. The quantitative estimate of drug-likeness (QED) is 0.577. The minimum Gasteiger partial charge on any atom is -0.314 e. The van der Waals surface area contributed by atoms with E-state index in [-0.39, 0.29) is 10.6 Å². The monoisotopic (exact) mass is 264 g/mol. The van der Waals surface area contributed by atoms with E-state index in [9.17, 15) is 10.1 Å². The van der Waals surface area contributed by atoms with Gasteiger partial charge in [-0.3, -0.25) is 10.1 Å². The van der Waals surface area contributed by atoms with E-state index in [1.807, 2.05) is 12.1 Å². The summed E-state index contributed by atoms with van der Waals surface area (Å²) in [5, 5.41) is 14.1. The number of benzene rings is 1. The van der Waals surface area contributed by atoms with Crippen molar-refractivity contribution in [1.29, 1.82) is 0 Å². The maximum Gasteiger partial charge on any atom is 0.269 e. The molecule has 1 rings (SSSR count). The summed E-state index contributed by atoms with van der Waals surface area (Å²) in [6.07, 6.45) is 3.22. The second-order valence-corrected chi connectivity index (χ2v) is 5.22. The maximum absolute atomic E-state index is 10.6. The van der Waals surface area contributed by atoms with Crippen molar-refractivity contribution in [2.75, 3.05) is 6.54 Å². The van der Waals surface area contributed by atoms with E-state index >= 15 is 0 Å². The van der Waals surface area contributed by atoms with Gasteiger partial charge in [-0.05, 0) is 37.3 Å². The molecule has 0 aliphatic heterocycles. The normalized spacial score (nSPS) is 12.6. The Morgan fingerprint density at radius 3 is 2.37 bits per heavy atom. The van der Waals surface area contributed by atoms with Crippen molar-refractivity contribution in [3.05, 3.63) is 39.9 Å². The summed E-state index contributed by atoms with van der Waals surface area (Å²) in [6, 6.07) is 7.44. The topological polar surface area (TPSA) is 55.2 Å². The van der Waals surface area contributed by atoms with E-state index < -0.39 is 0 Å². The first-order valence-corrected chi connectivity index (χ1v) is 7.01. The van der Waals surface area contributed by atoms with Gasteiger partial charge in [0.2, 0.25) is 0 Å². The van der Waals surface area contributed by atoms with Crippen molar-refractivity contribution in [2.45, 2.75) is 46.1 Å². The van der Waals surface area contributed by atoms with Crippen LogP contribution in [0.25, 0.3) is 0 Å². The van der Waals surface area contributed by atoms with Crippen LogP contribution in [0.3, 0.4) is 0 Å². The molecule has 0 fully saturated rings. The minimum atomic E-state index is -0.357. The molecule has 0 saturated carbocycles. The Kier molecular flexibility index (Phi) is 6.50. The van der Waals surface area contributed by atoms with Crippen molar-refractivity contribution in [3.8, 4) is 0 Å². The molecule has 1 atom stereocenters. The lowest BCUT2D eigenvalue weighted by atomic mass is 9.97. The largest absolute Gasteiger partial charge is 0.314 e. The Morgan fingerprint density at radius 2 is 1.89 bits per heavy atom. The van der Waals surface area contributed by atoms with Gasteiger partial charge >= 0.3 is 0 Å². The molecule has 0 aliphatic carbocycles. The zero-order chi connectivity index (χ0) is 14.3. The van der Waals surface area contributed by atoms with Crippen LogP contribution in [0.15, 0.2) is 24.3 Å². The Bertz CT molecular complexity index is 388. The van der Waals surface area contributed by atoms with Crippen molar-refractivity contribution in [1.82, 2.24) is 5.32 Å². The predicted molar refractivity (Wildman–Crippen MR) is 78.3 cm³/mol. The third kappa shape index (κ3) is 5.39. The Morgan fingerprint density at radius 1 is 1.26 bits per heavy atom. The van der Waals surface area contributed by atoms with Gasteiger partial charge in [0.05, 0.1) is 4.92 Å². The van der Waals surface area contributed by atoms with Crippen molar-refractivity contribution >= 4 is 5.69 Å². The first-order chi connectivity index (χ1) is 9.04. The number of non-ortho nitro benzene ring substituents is 1. The van der Waals surface area contributed by atoms with Gasteiger partial charge in [0, 0.05) is 18.2 Å². The molecule has 0 heterocycles. The van der Waals surface area contributed by atoms with Crippen molar-refractivity contribution < 1.29 is 4.92 Å². The molecule has 1 aromatic rings. The molecular formula is C15H24N2O2. The molecule has 0 radical (unpaired) electrons. The first-order valence-electron chi connectivity index (χ1n) is 7.01. The summed E-state index contributed by atoms with van der Waals surface area (Å²) >= 11 is 0. The van der Waals surface area contributed by atoms with E-state index in [2.05, 4.69) is 26.1 Å². The Balaban J connectivity index is 2.41. The van der Waals surface area contributed by atoms with Gasteiger partial charge in [0.25, 0.3) is 5.69 Å². The maximum atomic E-state index is 10.6. The summed E-state index contributed by atoms with van der Waals surface area (Å²) in [5.41, 5.74) is 1.33. The Labute approximate surface area is 115 Å². The predicted octanol–water partition coefficient (Wildman–Crippen LogP) is 3.55. The van der Waals surface area contributed by atoms with Gasteiger partial charge in [-0.25, -0.2) is 0 Å². The van der Waals surface area contributed by atoms with E-state index in [0.29, 0.717) is 12.0 Å². The lowest BCUT2D eigenvalue weighted by molar-refractivity contribution is -0.384. The van der Waals surface area contributed by atoms with Crippen LogP contribution in [-0.4, -0.2) is 17.5 Å². The van der Waals surface area contributed by atoms with Crippen LogP contribution in [0.2, 0.25) is 0 Å². The molecule has 0 saturated heterocycles. The summed E-state index contributed by atoms with van der Waals surface area (Å²) < 4.78 is 0. The number of nitrogens with one attached hydrogen (secondary N) is 1. The third-order valence-corrected chi connectivity index (χ3v) is 3.40. The van der Waals surface area contributed by atoms with E-state index in [1.54, 1.807) is 12.1 Å². The fourth-order valence-corrected chi connectivity index (χ4v) is 2.24. The van der Waals surface area contributed by atoms with Crippen LogP contribution >= 0.6 is 0 Å². The SMILES string of the molecule is CCNC(CCCc1ccc([N+](=O)[O-])cc1)C(C)C. The minimum absolute atomic E-state index is 0.163. The molecule has 19 heavy (non-hydrogen) atoms. The standard InChI is InChI=1S/C15H24N2O2/c1-4-16-15(12(2)3)7-5-6-13-8-10-14(11-9-13)17(18)19/h8-12,15-16H,4-7H2,1-3H3. The highest BCUT2D eigenvalue weighted by Gasteiger charge is 2.11. The van der Waals surface area contributed by atoms with E-state index in [0.717, 1.165) is 25.8 Å². The number of nitro benzene ring substituents is 1. The second kappa shape index (κ2) is 7.89. The highest BCUT2D eigenvalue weighted by Crippen LogP contribution is 2.15. The second-order valence-electron chi connectivity index (χ2n) is 5.22. The summed E-state index contributed by atoms with van der Waals surface area (Å²) in [6.45, 7) is 7.60. The van der Waals surface area contributed by atoms with Crippen LogP contribution < -0.4 is 5.32 Å². The van der Waals surface area contributed by atoms with E-state index in [4.69, 9.17) is 0 Å².